The van der Waals surface area contributed by atoms with Crippen LogP contribution in [0.4, 0.5) is 5.69 Å². The van der Waals surface area contributed by atoms with Crippen LogP contribution < -0.4 is 14.4 Å². The summed E-state index contributed by atoms with van der Waals surface area (Å²) < 4.78 is 15.3. The van der Waals surface area contributed by atoms with Crippen molar-refractivity contribution in [3.63, 3.8) is 0 Å². The van der Waals surface area contributed by atoms with Gasteiger partial charge in [-0.25, -0.2) is 4.79 Å². The first-order valence-corrected chi connectivity index (χ1v) is 9.32. The highest BCUT2D eigenvalue weighted by molar-refractivity contribution is 5.89. The van der Waals surface area contributed by atoms with Gasteiger partial charge in [0.25, 0.3) is 0 Å². The number of ether oxygens (including phenoxy) is 3. The first-order chi connectivity index (χ1) is 14.1. The lowest BCUT2D eigenvalue weighted by molar-refractivity contribution is 0.0600. The van der Waals surface area contributed by atoms with Crippen LogP contribution in [0.5, 0.6) is 11.5 Å². The predicted molar refractivity (Wildman–Crippen MR) is 114 cm³/mol. The van der Waals surface area contributed by atoms with Gasteiger partial charge < -0.3 is 19.1 Å². The lowest BCUT2D eigenvalue weighted by Crippen LogP contribution is -2.22. The van der Waals surface area contributed by atoms with Gasteiger partial charge in [0.1, 0.15) is 11.5 Å². The second-order valence-corrected chi connectivity index (χ2v) is 6.59. The van der Waals surface area contributed by atoms with Crippen LogP contribution in [0, 0.1) is 0 Å². The van der Waals surface area contributed by atoms with Crippen molar-refractivity contribution in [2.45, 2.75) is 13.1 Å². The highest BCUT2D eigenvalue weighted by Crippen LogP contribution is 2.23. The molecular weight excluding hydrogens is 366 g/mol. The van der Waals surface area contributed by atoms with Gasteiger partial charge in [0.15, 0.2) is 0 Å². The highest BCUT2D eigenvalue weighted by Gasteiger charge is 2.11. The molecular formula is C24H25NO4. The monoisotopic (exact) mass is 391 g/mol. The van der Waals surface area contributed by atoms with E-state index in [-0.39, 0.29) is 5.97 Å². The molecule has 5 heteroatoms. The van der Waals surface area contributed by atoms with E-state index in [0.29, 0.717) is 18.7 Å². The fourth-order valence-electron chi connectivity index (χ4n) is 3.07. The third kappa shape index (κ3) is 5.29. The number of rotatable bonds is 8. The highest BCUT2D eigenvalue weighted by atomic mass is 16.5. The van der Waals surface area contributed by atoms with Gasteiger partial charge in [-0.3, -0.25) is 0 Å². The number of hydrogen-bond acceptors (Lipinski definition) is 5. The fourth-order valence-corrected chi connectivity index (χ4v) is 3.07. The first-order valence-electron chi connectivity index (χ1n) is 9.32. The summed E-state index contributed by atoms with van der Waals surface area (Å²) >= 11 is 0. The summed E-state index contributed by atoms with van der Waals surface area (Å²) in [4.78, 5) is 14.0. The van der Waals surface area contributed by atoms with E-state index in [1.807, 2.05) is 36.4 Å². The Kier molecular flexibility index (Phi) is 6.74. The predicted octanol–water partition coefficient (Wildman–Crippen LogP) is 4.70. The standard InChI is InChI=1S/C24H25NO4/c1-27-22-12-4-18(5-13-22)16-25(17-19-6-14-23(28-2)15-7-19)21-10-8-20(9-11-21)24(26)29-3/h4-15H,16-17H2,1-3H3. The van der Waals surface area contributed by atoms with E-state index >= 15 is 0 Å². The number of esters is 1. The second kappa shape index (κ2) is 9.64. The topological polar surface area (TPSA) is 48.0 Å². The molecule has 29 heavy (non-hydrogen) atoms. The van der Waals surface area contributed by atoms with Gasteiger partial charge in [0, 0.05) is 18.8 Å². The minimum absolute atomic E-state index is 0.339. The molecule has 0 aromatic heterocycles. The molecule has 0 aliphatic carbocycles. The Hall–Kier alpha value is -3.47. The van der Waals surface area contributed by atoms with Crippen LogP contribution in [0.1, 0.15) is 21.5 Å². The molecule has 0 heterocycles. The zero-order valence-electron chi connectivity index (χ0n) is 16.9. The Morgan fingerprint density at radius 3 is 1.52 bits per heavy atom. The van der Waals surface area contributed by atoms with Crippen LogP contribution in [0.15, 0.2) is 72.8 Å². The Bertz CT molecular complexity index is 869. The molecule has 0 radical (unpaired) electrons. The molecule has 0 bridgehead atoms. The quantitative estimate of drug-likeness (QED) is 0.521. The number of anilines is 1. The minimum Gasteiger partial charge on any atom is -0.497 e. The summed E-state index contributed by atoms with van der Waals surface area (Å²) in [5, 5.41) is 0. The summed E-state index contributed by atoms with van der Waals surface area (Å²) in [5.74, 6) is 1.32. The van der Waals surface area contributed by atoms with E-state index in [4.69, 9.17) is 14.2 Å². The van der Waals surface area contributed by atoms with Crippen molar-refractivity contribution in [2.75, 3.05) is 26.2 Å². The molecule has 0 atom stereocenters. The van der Waals surface area contributed by atoms with Crippen LogP contribution in [-0.2, 0) is 17.8 Å². The van der Waals surface area contributed by atoms with E-state index in [1.54, 1.807) is 26.4 Å². The van der Waals surface area contributed by atoms with Crippen molar-refractivity contribution >= 4 is 11.7 Å². The van der Waals surface area contributed by atoms with Crippen molar-refractivity contribution in [1.82, 2.24) is 0 Å². The molecule has 150 valence electrons. The summed E-state index contributed by atoms with van der Waals surface area (Å²) in [6.07, 6.45) is 0. The molecule has 0 fully saturated rings. The fraction of sp³-hybridized carbons (Fsp3) is 0.208. The van der Waals surface area contributed by atoms with Gasteiger partial charge in [-0.1, -0.05) is 24.3 Å². The lowest BCUT2D eigenvalue weighted by Gasteiger charge is -2.25. The van der Waals surface area contributed by atoms with Gasteiger partial charge in [0.2, 0.25) is 0 Å². The maximum atomic E-state index is 11.7. The van der Waals surface area contributed by atoms with Crippen LogP contribution in [0.2, 0.25) is 0 Å². The Balaban J connectivity index is 1.85. The summed E-state index contributed by atoms with van der Waals surface area (Å²) in [6, 6.07) is 23.5. The third-order valence-electron chi connectivity index (χ3n) is 4.72. The molecule has 0 N–H and O–H groups in total. The Morgan fingerprint density at radius 1 is 0.690 bits per heavy atom. The van der Waals surface area contributed by atoms with Gasteiger partial charge in [-0.15, -0.1) is 0 Å². The molecule has 0 unspecified atom stereocenters. The van der Waals surface area contributed by atoms with E-state index < -0.39 is 0 Å². The zero-order chi connectivity index (χ0) is 20.6. The lowest BCUT2D eigenvalue weighted by atomic mass is 10.1. The molecule has 3 rings (SSSR count). The molecule has 0 spiro atoms. The molecule has 5 nitrogen and oxygen atoms in total. The number of hydrogen-bond donors (Lipinski definition) is 0. The van der Waals surface area contributed by atoms with Crippen molar-refractivity contribution in [3.05, 3.63) is 89.5 Å². The Morgan fingerprint density at radius 2 is 1.14 bits per heavy atom. The van der Waals surface area contributed by atoms with Crippen LogP contribution in [0.3, 0.4) is 0 Å². The molecule has 0 saturated carbocycles. The Labute approximate surface area is 171 Å². The largest absolute Gasteiger partial charge is 0.497 e. The zero-order valence-corrected chi connectivity index (χ0v) is 16.9. The van der Waals surface area contributed by atoms with Gasteiger partial charge in [-0.2, -0.15) is 0 Å². The second-order valence-electron chi connectivity index (χ2n) is 6.59. The molecule has 3 aromatic rings. The smallest absolute Gasteiger partial charge is 0.337 e. The van der Waals surface area contributed by atoms with Crippen LogP contribution in [-0.4, -0.2) is 27.3 Å². The number of benzene rings is 3. The van der Waals surface area contributed by atoms with Crippen LogP contribution in [0.25, 0.3) is 0 Å². The summed E-state index contributed by atoms with van der Waals surface area (Å²) in [7, 11) is 4.71. The molecule has 0 aliphatic heterocycles. The molecule has 0 saturated heterocycles. The molecule has 0 aliphatic rings. The third-order valence-corrected chi connectivity index (χ3v) is 4.72. The van der Waals surface area contributed by atoms with Gasteiger partial charge in [0.05, 0.1) is 26.9 Å². The van der Waals surface area contributed by atoms with Crippen molar-refractivity contribution in [2.24, 2.45) is 0 Å². The summed E-state index contributed by atoms with van der Waals surface area (Å²) in [5.41, 5.74) is 3.88. The van der Waals surface area contributed by atoms with E-state index in [9.17, 15) is 4.79 Å². The first kappa shape index (κ1) is 20.3. The number of methoxy groups -OCH3 is 3. The molecule has 0 amide bonds. The summed E-state index contributed by atoms with van der Waals surface area (Å²) in [6.45, 7) is 1.43. The normalized spacial score (nSPS) is 10.3. The van der Waals surface area contributed by atoms with E-state index in [0.717, 1.165) is 28.3 Å². The van der Waals surface area contributed by atoms with E-state index in [1.165, 1.54) is 7.11 Å². The SMILES string of the molecule is COC(=O)c1ccc(N(Cc2ccc(OC)cc2)Cc2ccc(OC)cc2)cc1. The van der Waals surface area contributed by atoms with Gasteiger partial charge >= 0.3 is 5.97 Å². The van der Waals surface area contributed by atoms with Crippen molar-refractivity contribution in [3.8, 4) is 11.5 Å². The average Bonchev–Trinajstić information content (AvgIpc) is 2.79. The number of carbonyl (C=O) groups is 1. The van der Waals surface area contributed by atoms with Crippen molar-refractivity contribution < 1.29 is 19.0 Å². The van der Waals surface area contributed by atoms with Crippen LogP contribution >= 0.6 is 0 Å². The number of nitrogens with zero attached hydrogens (tertiary/aromatic N) is 1. The molecule has 3 aromatic carbocycles. The number of carbonyl (C=O) groups excluding carboxylic acids is 1. The average molecular weight is 391 g/mol. The maximum absolute atomic E-state index is 11.7. The van der Waals surface area contributed by atoms with Crippen molar-refractivity contribution in [1.29, 1.82) is 0 Å². The van der Waals surface area contributed by atoms with E-state index in [2.05, 4.69) is 29.2 Å². The van der Waals surface area contributed by atoms with Gasteiger partial charge in [-0.05, 0) is 59.7 Å². The maximum Gasteiger partial charge on any atom is 0.337 e. The minimum atomic E-state index is -0.339.